The molecule has 0 aliphatic carbocycles. The Morgan fingerprint density at radius 1 is 1.37 bits per heavy atom. The highest BCUT2D eigenvalue weighted by Gasteiger charge is 2.25. The number of hydrogen-bond donors (Lipinski definition) is 0. The first kappa shape index (κ1) is 14.2. The summed E-state index contributed by atoms with van der Waals surface area (Å²) in [6, 6.07) is 10.0. The van der Waals surface area contributed by atoms with Crippen LogP contribution < -0.4 is 0 Å². The van der Waals surface area contributed by atoms with Crippen molar-refractivity contribution in [3.05, 3.63) is 48.2 Å². The Morgan fingerprint density at radius 2 is 2.11 bits per heavy atom. The molecule has 2 rings (SSSR count). The molecule has 0 radical (unpaired) electrons. The zero-order chi connectivity index (χ0) is 13.7. The van der Waals surface area contributed by atoms with E-state index in [4.69, 9.17) is 14.1 Å². The minimum Gasteiger partial charge on any atom is -0.565 e. The van der Waals surface area contributed by atoms with E-state index in [9.17, 15) is 0 Å². The van der Waals surface area contributed by atoms with Gasteiger partial charge in [0, 0.05) is 12.0 Å². The van der Waals surface area contributed by atoms with Gasteiger partial charge >= 0.3 is 6.92 Å². The summed E-state index contributed by atoms with van der Waals surface area (Å²) in [6.07, 6.45) is 1.45. The van der Waals surface area contributed by atoms with Crippen LogP contribution in [0.5, 0.6) is 0 Å². The van der Waals surface area contributed by atoms with Gasteiger partial charge < -0.3 is 14.1 Å². The fraction of sp³-hybridized carbons (Fsp3) is 0.467. The average Bonchev–Trinajstić information content (AvgIpc) is 2.39. The van der Waals surface area contributed by atoms with E-state index in [2.05, 4.69) is 6.58 Å². The molecule has 19 heavy (non-hydrogen) atoms. The van der Waals surface area contributed by atoms with E-state index in [1.807, 2.05) is 44.0 Å². The molecular weight excluding hydrogens is 239 g/mol. The lowest BCUT2D eigenvalue weighted by Crippen LogP contribution is -2.28. The minimum atomic E-state index is -0.271. The first-order valence-corrected chi connectivity index (χ1v) is 6.81. The molecule has 1 heterocycles. The van der Waals surface area contributed by atoms with E-state index in [1.54, 1.807) is 0 Å². The van der Waals surface area contributed by atoms with Crippen LogP contribution in [0.2, 0.25) is 13.6 Å². The maximum Gasteiger partial charge on any atom is 0.351 e. The Labute approximate surface area is 115 Å². The van der Waals surface area contributed by atoms with E-state index < -0.39 is 0 Å². The third kappa shape index (κ3) is 4.41. The third-order valence-electron chi connectivity index (χ3n) is 2.95. The Hall–Kier alpha value is -1.26. The predicted molar refractivity (Wildman–Crippen MR) is 76.9 cm³/mol. The Balaban J connectivity index is 1.89. The van der Waals surface area contributed by atoms with Crippen LogP contribution in [-0.4, -0.2) is 19.6 Å². The summed E-state index contributed by atoms with van der Waals surface area (Å²) in [5.41, 5.74) is 1.06. The molecule has 3 nitrogen and oxygen atoms in total. The van der Waals surface area contributed by atoms with Crippen LogP contribution in [0.15, 0.2) is 42.7 Å². The highest BCUT2D eigenvalue weighted by molar-refractivity contribution is 6.48. The summed E-state index contributed by atoms with van der Waals surface area (Å²) < 4.78 is 17.2. The van der Waals surface area contributed by atoms with Gasteiger partial charge in [-0.3, -0.25) is 0 Å². The fourth-order valence-corrected chi connectivity index (χ4v) is 2.16. The molecule has 0 unspecified atom stereocenters. The van der Waals surface area contributed by atoms with Gasteiger partial charge in [-0.2, -0.15) is 0 Å². The fourth-order valence-electron chi connectivity index (χ4n) is 2.16. The standard InChI is InChI=1S/C15H21BO3/c1-12(19-16(2)3)11-14-9-10-17-15(18-14)13-7-5-4-6-8-13/h4-8,14-15H,1,9-11H2,2-3H3/t14-,15-/m1/s1. The molecule has 2 atom stereocenters. The molecule has 1 saturated heterocycles. The maximum absolute atomic E-state index is 5.96. The molecular formula is C15H21BO3. The van der Waals surface area contributed by atoms with E-state index in [0.717, 1.165) is 24.2 Å². The first-order valence-electron chi connectivity index (χ1n) is 6.81. The highest BCUT2D eigenvalue weighted by atomic mass is 16.7. The van der Waals surface area contributed by atoms with Crippen molar-refractivity contribution in [3.63, 3.8) is 0 Å². The zero-order valence-electron chi connectivity index (χ0n) is 11.7. The number of rotatable bonds is 5. The first-order chi connectivity index (χ1) is 9.15. The van der Waals surface area contributed by atoms with Gasteiger partial charge in [0.2, 0.25) is 0 Å². The minimum absolute atomic E-state index is 0.116. The van der Waals surface area contributed by atoms with Crippen molar-refractivity contribution in [1.29, 1.82) is 0 Å². The number of ether oxygens (including phenoxy) is 2. The Morgan fingerprint density at radius 3 is 2.79 bits per heavy atom. The second-order valence-corrected chi connectivity index (χ2v) is 5.07. The Bertz CT molecular complexity index is 405. The van der Waals surface area contributed by atoms with Crippen molar-refractivity contribution in [2.75, 3.05) is 6.61 Å². The quantitative estimate of drug-likeness (QED) is 0.597. The van der Waals surface area contributed by atoms with Gasteiger partial charge in [-0.05, 0) is 20.1 Å². The summed E-state index contributed by atoms with van der Waals surface area (Å²) in [5.74, 6) is 0.786. The molecule has 0 aromatic heterocycles. The van der Waals surface area contributed by atoms with Crippen molar-refractivity contribution < 1.29 is 14.1 Å². The highest BCUT2D eigenvalue weighted by Crippen LogP contribution is 2.28. The lowest BCUT2D eigenvalue weighted by atomic mass is 9.75. The molecule has 0 N–H and O–H groups in total. The van der Waals surface area contributed by atoms with Crippen LogP contribution in [-0.2, 0) is 14.1 Å². The van der Waals surface area contributed by atoms with Gasteiger partial charge in [0.25, 0.3) is 0 Å². The van der Waals surface area contributed by atoms with Crippen LogP contribution in [0.4, 0.5) is 0 Å². The van der Waals surface area contributed by atoms with Gasteiger partial charge in [0.05, 0.1) is 18.5 Å². The van der Waals surface area contributed by atoms with Gasteiger partial charge in [-0.1, -0.05) is 36.9 Å². The van der Waals surface area contributed by atoms with Crippen molar-refractivity contribution in [2.45, 2.75) is 38.9 Å². The molecule has 0 bridgehead atoms. The second kappa shape index (κ2) is 6.78. The van der Waals surface area contributed by atoms with Crippen molar-refractivity contribution in [1.82, 2.24) is 0 Å². The molecule has 1 aromatic rings. The molecule has 1 aliphatic heterocycles. The van der Waals surface area contributed by atoms with Gasteiger partial charge in [0.15, 0.2) is 6.29 Å². The van der Waals surface area contributed by atoms with Crippen LogP contribution in [0.1, 0.15) is 24.7 Å². The van der Waals surface area contributed by atoms with Gasteiger partial charge in [-0.15, -0.1) is 0 Å². The molecule has 0 amide bonds. The van der Waals surface area contributed by atoms with E-state index in [-0.39, 0.29) is 19.3 Å². The Kier molecular flexibility index (Phi) is 5.05. The van der Waals surface area contributed by atoms with Crippen molar-refractivity contribution in [2.24, 2.45) is 0 Å². The van der Waals surface area contributed by atoms with Crippen LogP contribution >= 0.6 is 0 Å². The summed E-state index contributed by atoms with van der Waals surface area (Å²) in [6.45, 7) is 8.82. The number of hydrogen-bond acceptors (Lipinski definition) is 3. The summed E-state index contributed by atoms with van der Waals surface area (Å²) in [4.78, 5) is 0. The summed E-state index contributed by atoms with van der Waals surface area (Å²) in [5, 5.41) is 0. The SMILES string of the molecule is C=C(C[C@H]1CCO[C@@H](c2ccccc2)O1)OB(C)C. The summed E-state index contributed by atoms with van der Waals surface area (Å²) in [7, 11) is 0. The topological polar surface area (TPSA) is 27.7 Å². The second-order valence-electron chi connectivity index (χ2n) is 5.07. The van der Waals surface area contributed by atoms with Gasteiger partial charge in [0.1, 0.15) is 0 Å². The van der Waals surface area contributed by atoms with Crippen LogP contribution in [0, 0.1) is 0 Å². The predicted octanol–water partition coefficient (Wildman–Crippen LogP) is 3.66. The van der Waals surface area contributed by atoms with E-state index in [0.29, 0.717) is 6.61 Å². The maximum atomic E-state index is 5.96. The molecule has 102 valence electrons. The molecule has 1 fully saturated rings. The molecule has 1 aliphatic rings. The van der Waals surface area contributed by atoms with Crippen LogP contribution in [0.3, 0.4) is 0 Å². The lowest BCUT2D eigenvalue weighted by molar-refractivity contribution is -0.217. The molecule has 4 heteroatoms. The van der Waals surface area contributed by atoms with Crippen molar-refractivity contribution in [3.8, 4) is 0 Å². The average molecular weight is 260 g/mol. The number of benzene rings is 1. The third-order valence-corrected chi connectivity index (χ3v) is 2.95. The summed E-state index contributed by atoms with van der Waals surface area (Å²) >= 11 is 0. The smallest absolute Gasteiger partial charge is 0.351 e. The van der Waals surface area contributed by atoms with E-state index >= 15 is 0 Å². The molecule has 0 spiro atoms. The van der Waals surface area contributed by atoms with Crippen LogP contribution in [0.25, 0.3) is 0 Å². The zero-order valence-corrected chi connectivity index (χ0v) is 11.7. The lowest BCUT2D eigenvalue weighted by Gasteiger charge is -2.31. The molecule has 1 aromatic carbocycles. The van der Waals surface area contributed by atoms with Gasteiger partial charge in [-0.25, -0.2) is 0 Å². The molecule has 0 saturated carbocycles. The van der Waals surface area contributed by atoms with E-state index in [1.165, 1.54) is 0 Å². The largest absolute Gasteiger partial charge is 0.565 e. The van der Waals surface area contributed by atoms with Crippen molar-refractivity contribution >= 4 is 6.92 Å². The monoisotopic (exact) mass is 260 g/mol. The normalized spacial score (nSPS) is 22.8.